The molecule has 0 spiro atoms. The highest BCUT2D eigenvalue weighted by atomic mass is 127. The highest BCUT2D eigenvalue weighted by molar-refractivity contribution is 14.1. The van der Waals surface area contributed by atoms with Crippen molar-refractivity contribution in [2.24, 2.45) is 0 Å². The van der Waals surface area contributed by atoms with Crippen LogP contribution >= 0.6 is 45.2 Å². The van der Waals surface area contributed by atoms with Gasteiger partial charge in [0.2, 0.25) is 0 Å². The highest BCUT2D eigenvalue weighted by Crippen LogP contribution is 2.28. The van der Waals surface area contributed by atoms with Gasteiger partial charge >= 0.3 is 5.97 Å². The van der Waals surface area contributed by atoms with E-state index in [9.17, 15) is 9.90 Å². The van der Waals surface area contributed by atoms with Crippen LogP contribution in [0.2, 0.25) is 0 Å². The number of carbonyl (C=O) groups is 1. The topological polar surface area (TPSA) is 46.5 Å². The van der Waals surface area contributed by atoms with Crippen LogP contribution in [0.4, 0.5) is 0 Å². The van der Waals surface area contributed by atoms with Gasteiger partial charge in [0.15, 0.2) is 0 Å². The summed E-state index contributed by atoms with van der Waals surface area (Å²) in [5.74, 6) is -0.150. The van der Waals surface area contributed by atoms with Crippen molar-refractivity contribution in [2.75, 3.05) is 0 Å². The van der Waals surface area contributed by atoms with Crippen molar-refractivity contribution in [3.63, 3.8) is 0 Å². The van der Waals surface area contributed by atoms with E-state index in [0.29, 0.717) is 9.32 Å². The zero-order valence-electron chi connectivity index (χ0n) is 9.06. The standard InChI is InChI=1S/C13H8I2O3/c14-8-6-10(12(16)11(15)7-8)13(17)18-9-4-2-1-3-5-9/h1-7,16H. The van der Waals surface area contributed by atoms with Gasteiger partial charge in [-0.25, -0.2) is 4.79 Å². The fourth-order valence-electron chi connectivity index (χ4n) is 1.37. The monoisotopic (exact) mass is 466 g/mol. The van der Waals surface area contributed by atoms with Crippen LogP contribution < -0.4 is 4.74 Å². The number of hydrogen-bond donors (Lipinski definition) is 1. The maximum atomic E-state index is 12.0. The lowest BCUT2D eigenvalue weighted by atomic mass is 10.2. The van der Waals surface area contributed by atoms with Gasteiger partial charge in [0.05, 0.1) is 3.57 Å². The van der Waals surface area contributed by atoms with Gasteiger partial charge in [-0.15, -0.1) is 0 Å². The molecular formula is C13H8I2O3. The Balaban J connectivity index is 2.30. The number of para-hydroxylation sites is 1. The van der Waals surface area contributed by atoms with Gasteiger partial charge < -0.3 is 9.84 Å². The average molecular weight is 466 g/mol. The summed E-state index contributed by atoms with van der Waals surface area (Å²) in [5, 5.41) is 9.86. The molecule has 0 aromatic heterocycles. The van der Waals surface area contributed by atoms with E-state index in [2.05, 4.69) is 22.6 Å². The van der Waals surface area contributed by atoms with Crippen molar-refractivity contribution in [3.8, 4) is 11.5 Å². The molecule has 2 aromatic rings. The van der Waals surface area contributed by atoms with Crippen LogP contribution in [0.5, 0.6) is 11.5 Å². The van der Waals surface area contributed by atoms with Crippen molar-refractivity contribution in [1.29, 1.82) is 0 Å². The van der Waals surface area contributed by atoms with Gasteiger partial charge in [-0.05, 0) is 69.4 Å². The summed E-state index contributed by atoms with van der Waals surface area (Å²) >= 11 is 4.07. The van der Waals surface area contributed by atoms with Crippen LogP contribution in [-0.4, -0.2) is 11.1 Å². The first kappa shape index (κ1) is 13.6. The maximum absolute atomic E-state index is 12.0. The summed E-state index contributed by atoms with van der Waals surface area (Å²) in [6.45, 7) is 0. The molecule has 0 unspecified atom stereocenters. The molecule has 0 bridgehead atoms. The van der Waals surface area contributed by atoms with Crippen molar-refractivity contribution < 1.29 is 14.6 Å². The molecule has 0 atom stereocenters. The number of ether oxygens (including phenoxy) is 1. The van der Waals surface area contributed by atoms with Crippen molar-refractivity contribution in [3.05, 3.63) is 55.2 Å². The zero-order chi connectivity index (χ0) is 13.1. The molecule has 0 saturated carbocycles. The summed E-state index contributed by atoms with van der Waals surface area (Å²) in [4.78, 5) is 12.0. The number of halogens is 2. The van der Waals surface area contributed by atoms with Crippen molar-refractivity contribution >= 4 is 51.2 Å². The normalized spacial score (nSPS) is 10.1. The molecule has 3 nitrogen and oxygen atoms in total. The molecule has 5 heteroatoms. The quantitative estimate of drug-likeness (QED) is 0.416. The van der Waals surface area contributed by atoms with E-state index in [0.717, 1.165) is 3.57 Å². The SMILES string of the molecule is O=C(Oc1ccccc1)c1cc(I)cc(I)c1O. The van der Waals surface area contributed by atoms with Crippen LogP contribution in [0.3, 0.4) is 0 Å². The first-order chi connectivity index (χ1) is 8.58. The third-order valence-corrected chi connectivity index (χ3v) is 3.65. The molecule has 0 fully saturated rings. The predicted octanol–water partition coefficient (Wildman–Crippen LogP) is 3.82. The Hall–Kier alpha value is -0.830. The molecule has 2 aromatic carbocycles. The van der Waals surface area contributed by atoms with Gasteiger partial charge in [-0.3, -0.25) is 0 Å². The third kappa shape index (κ3) is 3.14. The molecule has 18 heavy (non-hydrogen) atoms. The summed E-state index contributed by atoms with van der Waals surface area (Å²) in [7, 11) is 0. The number of hydrogen-bond acceptors (Lipinski definition) is 3. The number of rotatable bonds is 2. The molecule has 0 saturated heterocycles. The minimum atomic E-state index is -0.560. The number of aromatic hydroxyl groups is 1. The first-order valence-electron chi connectivity index (χ1n) is 5.03. The van der Waals surface area contributed by atoms with E-state index in [1.165, 1.54) is 0 Å². The van der Waals surface area contributed by atoms with Gasteiger partial charge in [-0.1, -0.05) is 18.2 Å². The molecule has 0 radical (unpaired) electrons. The van der Waals surface area contributed by atoms with Gasteiger partial charge in [0, 0.05) is 3.57 Å². The number of esters is 1. The second-order valence-electron chi connectivity index (χ2n) is 3.49. The Kier molecular flexibility index (Phi) is 4.44. The Labute approximate surface area is 131 Å². The van der Waals surface area contributed by atoms with E-state index >= 15 is 0 Å². The number of phenolic OH excluding ortho intramolecular Hbond substituents is 1. The molecule has 0 amide bonds. The van der Waals surface area contributed by atoms with E-state index in [1.54, 1.807) is 36.4 Å². The summed E-state index contributed by atoms with van der Waals surface area (Å²) < 4.78 is 6.68. The summed E-state index contributed by atoms with van der Waals surface area (Å²) in [5.41, 5.74) is 0.176. The van der Waals surface area contributed by atoms with E-state index in [-0.39, 0.29) is 11.3 Å². The fourth-order valence-corrected chi connectivity index (χ4v) is 3.22. The van der Waals surface area contributed by atoms with E-state index in [1.807, 2.05) is 28.7 Å². The Bertz CT molecular complexity index is 582. The van der Waals surface area contributed by atoms with Crippen LogP contribution in [0.15, 0.2) is 42.5 Å². The van der Waals surface area contributed by atoms with Crippen molar-refractivity contribution in [1.82, 2.24) is 0 Å². The first-order valence-corrected chi connectivity index (χ1v) is 7.19. The minimum absolute atomic E-state index is 0.0445. The van der Waals surface area contributed by atoms with Crippen LogP contribution in [-0.2, 0) is 0 Å². The number of phenols is 1. The smallest absolute Gasteiger partial charge is 0.347 e. The Morgan fingerprint density at radius 1 is 1.11 bits per heavy atom. The molecule has 1 N–H and O–H groups in total. The molecular weight excluding hydrogens is 458 g/mol. The second-order valence-corrected chi connectivity index (χ2v) is 5.89. The molecule has 0 aliphatic carbocycles. The fraction of sp³-hybridized carbons (Fsp3) is 0. The molecule has 0 aliphatic heterocycles. The van der Waals surface area contributed by atoms with Gasteiger partial charge in [0.1, 0.15) is 17.1 Å². The number of benzene rings is 2. The number of carbonyl (C=O) groups excluding carboxylic acids is 1. The molecule has 2 rings (SSSR count). The maximum Gasteiger partial charge on any atom is 0.347 e. The lowest BCUT2D eigenvalue weighted by Crippen LogP contribution is -2.09. The van der Waals surface area contributed by atoms with Gasteiger partial charge in [0.25, 0.3) is 0 Å². The minimum Gasteiger partial charge on any atom is -0.506 e. The lowest BCUT2D eigenvalue weighted by Gasteiger charge is -2.07. The Morgan fingerprint density at radius 3 is 2.44 bits per heavy atom. The van der Waals surface area contributed by atoms with Gasteiger partial charge in [-0.2, -0.15) is 0 Å². The highest BCUT2D eigenvalue weighted by Gasteiger charge is 2.16. The molecule has 0 aliphatic rings. The Morgan fingerprint density at radius 2 is 1.78 bits per heavy atom. The van der Waals surface area contributed by atoms with E-state index < -0.39 is 5.97 Å². The zero-order valence-corrected chi connectivity index (χ0v) is 13.4. The third-order valence-electron chi connectivity index (χ3n) is 2.20. The van der Waals surface area contributed by atoms with E-state index in [4.69, 9.17) is 4.74 Å². The lowest BCUT2D eigenvalue weighted by molar-refractivity contribution is 0.0731. The summed E-state index contributed by atoms with van der Waals surface area (Å²) in [6, 6.07) is 12.2. The van der Waals surface area contributed by atoms with Crippen LogP contribution in [0.1, 0.15) is 10.4 Å². The van der Waals surface area contributed by atoms with Crippen LogP contribution in [0.25, 0.3) is 0 Å². The van der Waals surface area contributed by atoms with Crippen molar-refractivity contribution in [2.45, 2.75) is 0 Å². The average Bonchev–Trinajstić information content (AvgIpc) is 2.35. The predicted molar refractivity (Wildman–Crippen MR) is 84.9 cm³/mol. The molecule has 92 valence electrons. The van der Waals surface area contributed by atoms with Crippen LogP contribution in [0, 0.1) is 7.14 Å². The second kappa shape index (κ2) is 5.87. The largest absolute Gasteiger partial charge is 0.506 e. The molecule has 0 heterocycles. The summed E-state index contributed by atoms with van der Waals surface area (Å²) in [6.07, 6.45) is 0.